The van der Waals surface area contributed by atoms with Crippen LogP contribution in [0.2, 0.25) is 0 Å². The molecule has 0 spiro atoms. The summed E-state index contributed by atoms with van der Waals surface area (Å²) in [5.41, 5.74) is 23.5. The van der Waals surface area contributed by atoms with Crippen LogP contribution in [-0.4, -0.2) is 24.1 Å². The minimum atomic E-state index is 0.429. The lowest BCUT2D eigenvalue weighted by Crippen LogP contribution is -2.04. The lowest BCUT2D eigenvalue weighted by atomic mass is 9.96. The fourth-order valence-corrected chi connectivity index (χ4v) is 13.9. The van der Waals surface area contributed by atoms with E-state index in [1.165, 1.54) is 0 Å². The first kappa shape index (κ1) is 58.0. The Morgan fingerprint density at radius 2 is 0.602 bits per heavy atom. The molecule has 0 bridgehead atoms. The average molecular weight is 1250 g/mol. The lowest BCUT2D eigenvalue weighted by molar-refractivity contribution is 1.07. The molecule has 0 N–H and O–H groups in total. The molecule has 0 saturated carbocycles. The summed E-state index contributed by atoms with van der Waals surface area (Å²) in [6.45, 7) is 8.49. The Bertz CT molecular complexity index is 5610. The summed E-state index contributed by atoms with van der Waals surface area (Å²) in [5.74, 6) is 1.31. The number of nitriles is 2. The van der Waals surface area contributed by atoms with E-state index in [1.807, 2.05) is 121 Å². The molecule has 0 saturated heterocycles. The van der Waals surface area contributed by atoms with E-state index >= 15 is 0 Å². The Morgan fingerprint density at radius 1 is 0.265 bits per heavy atom. The Kier molecular flexibility index (Phi) is 14.5. The van der Waals surface area contributed by atoms with Crippen molar-refractivity contribution in [1.29, 1.82) is 10.5 Å². The molecule has 3 aromatic heterocycles. The van der Waals surface area contributed by atoms with Crippen LogP contribution in [0.3, 0.4) is 0 Å². The van der Waals surface area contributed by atoms with Gasteiger partial charge in [-0.2, -0.15) is 10.5 Å². The summed E-state index contributed by atoms with van der Waals surface area (Å²) in [6.07, 6.45) is 0. The van der Waals surface area contributed by atoms with Gasteiger partial charge in [0.25, 0.3) is 0 Å². The summed E-state index contributed by atoms with van der Waals surface area (Å²) in [7, 11) is 0. The molecule has 454 valence electrons. The number of para-hydroxylation sites is 1. The quantitative estimate of drug-likeness (QED) is 0.113. The summed E-state index contributed by atoms with van der Waals surface area (Å²) >= 11 is 0. The maximum absolute atomic E-state index is 10.8. The highest BCUT2D eigenvalue weighted by atomic mass is 15.0. The van der Waals surface area contributed by atoms with Crippen LogP contribution in [0.5, 0.6) is 0 Å². The van der Waals surface area contributed by atoms with Crippen molar-refractivity contribution in [2.45, 2.75) is 0 Å². The van der Waals surface area contributed by atoms with Gasteiger partial charge in [-0.05, 0) is 146 Å². The van der Waals surface area contributed by atoms with Crippen LogP contribution >= 0.6 is 0 Å². The van der Waals surface area contributed by atoms with Gasteiger partial charge in [0, 0.05) is 49.4 Å². The monoisotopic (exact) mass is 1250 g/mol. The second-order valence-electron chi connectivity index (χ2n) is 24.4. The molecule has 0 aliphatic heterocycles. The average Bonchev–Trinajstić information content (AvgIpc) is 1.57. The predicted molar refractivity (Wildman–Crippen MR) is 399 cm³/mol. The fourth-order valence-electron chi connectivity index (χ4n) is 13.9. The molecule has 17 rings (SSSR count). The Labute approximate surface area is 566 Å². The first-order valence-electron chi connectivity index (χ1n) is 32.4. The minimum Gasteiger partial charge on any atom is -0.309 e. The van der Waals surface area contributed by atoms with Gasteiger partial charge in [0.15, 0.2) is 23.2 Å². The number of benzene rings is 14. The van der Waals surface area contributed by atoms with E-state index in [0.717, 1.165) is 150 Å². The van der Waals surface area contributed by atoms with E-state index in [1.54, 1.807) is 0 Å². The number of aromatic nitrogens is 5. The van der Waals surface area contributed by atoms with Crippen molar-refractivity contribution in [2.24, 2.45) is 0 Å². The first-order valence-corrected chi connectivity index (χ1v) is 32.4. The van der Waals surface area contributed by atoms with Crippen molar-refractivity contribution >= 4 is 49.3 Å². The van der Waals surface area contributed by atoms with Gasteiger partial charge in [-0.15, -0.1) is 0 Å². The number of hydrogen-bond acceptors (Lipinski definition) is 5. The molecule has 8 nitrogen and oxygen atoms in total. The predicted octanol–water partition coefficient (Wildman–Crippen LogP) is 23.0. The molecular weight excluding hydrogens is 1190 g/mol. The highest BCUT2D eigenvalue weighted by Gasteiger charge is 2.25. The van der Waals surface area contributed by atoms with E-state index in [9.17, 15) is 10.5 Å². The zero-order valence-corrected chi connectivity index (χ0v) is 52.8. The number of rotatable bonds is 12. The van der Waals surface area contributed by atoms with E-state index in [2.05, 4.69) is 232 Å². The van der Waals surface area contributed by atoms with Gasteiger partial charge in [-0.25, -0.2) is 19.8 Å². The maximum Gasteiger partial charge on any atom is 0.194 e. The van der Waals surface area contributed by atoms with Crippen molar-refractivity contribution in [2.75, 3.05) is 0 Å². The number of hydrogen-bond donors (Lipinski definition) is 0. The van der Waals surface area contributed by atoms with Gasteiger partial charge in [-0.3, -0.25) is 0 Å². The normalized spacial score (nSPS) is 11.2. The van der Waals surface area contributed by atoms with Crippen molar-refractivity contribution in [3.05, 3.63) is 350 Å². The zero-order chi connectivity index (χ0) is 65.6. The van der Waals surface area contributed by atoms with Crippen molar-refractivity contribution in [1.82, 2.24) is 24.1 Å². The van der Waals surface area contributed by atoms with E-state index in [4.69, 9.17) is 21.5 Å². The highest BCUT2D eigenvalue weighted by molar-refractivity contribution is 6.14. The minimum absolute atomic E-state index is 0.429. The third-order valence-corrected chi connectivity index (χ3v) is 18.7. The van der Waals surface area contributed by atoms with Gasteiger partial charge in [0.1, 0.15) is 0 Å². The molecular formula is C90H54N8. The lowest BCUT2D eigenvalue weighted by Gasteiger charge is -2.18. The maximum atomic E-state index is 10.8. The number of fused-ring (bicyclic) bond motifs is 6. The Morgan fingerprint density at radius 3 is 1.03 bits per heavy atom. The number of nitrogens with zero attached hydrogens (tertiary/aromatic N) is 8. The van der Waals surface area contributed by atoms with E-state index < -0.39 is 0 Å². The third kappa shape index (κ3) is 10.4. The first-order chi connectivity index (χ1) is 48.4. The van der Waals surface area contributed by atoms with Crippen LogP contribution < -0.4 is 0 Å². The molecule has 0 atom stereocenters. The van der Waals surface area contributed by atoms with Gasteiger partial charge in [0.05, 0.1) is 63.3 Å². The summed E-state index contributed by atoms with van der Waals surface area (Å²) in [4.78, 5) is 20.5. The van der Waals surface area contributed by atoms with E-state index in [-0.39, 0.29) is 0 Å². The summed E-state index contributed by atoms with van der Waals surface area (Å²) < 4.78 is 4.66. The topological polar surface area (TPSA) is 100 Å². The van der Waals surface area contributed by atoms with Crippen molar-refractivity contribution in [3.63, 3.8) is 0 Å². The van der Waals surface area contributed by atoms with Gasteiger partial charge in [0.2, 0.25) is 0 Å². The zero-order valence-electron chi connectivity index (χ0n) is 52.8. The van der Waals surface area contributed by atoms with E-state index in [0.29, 0.717) is 34.3 Å². The standard InChI is InChI=1S/C90H54N8/c1-93-81-32-17-16-31-74(81)76-44-38-71(55-87(76)98-84-47-41-68(61-24-10-4-11-25-61)52-79(84)80-53-69(42-48-85(80)98)62-26-12-5-13-27-62)90-95-88(64-35-33-63(34-36-64)65-29-18-19-58(49-65)56-91)94-89(96-90)70-37-43-75(73-30-15-14-28-72(73)57-92)86(54-70)97-82-45-39-66(59-20-6-2-7-21-59)50-77(82)78-51-67(40-46-83(78)97)60-22-8-3-9-23-60/h2-55H. The van der Waals surface area contributed by atoms with Crippen LogP contribution in [0.1, 0.15) is 11.1 Å². The van der Waals surface area contributed by atoms with Crippen molar-refractivity contribution < 1.29 is 0 Å². The second kappa shape index (κ2) is 24.6. The molecule has 0 aliphatic rings. The highest BCUT2D eigenvalue weighted by Crippen LogP contribution is 2.45. The summed E-state index contributed by atoms with van der Waals surface area (Å²) in [6, 6.07) is 118. The SMILES string of the molecule is [C-]#[N+]c1ccccc1-c1ccc(-c2nc(-c3ccc(-c4cccc(C#N)c4)cc3)nc(-c3ccc(-c4ccccc4C#N)c(-n4c5ccc(-c6ccccc6)cc5c5cc(-c6ccccc6)ccc54)c3)n2)cc1-n1c2ccc(-c3ccccc3)cc2c2cc(-c3ccccc3)ccc21. The molecule has 0 fully saturated rings. The summed E-state index contributed by atoms with van der Waals surface area (Å²) in [5, 5.41) is 25.0. The molecule has 8 heteroatoms. The smallest absolute Gasteiger partial charge is 0.194 e. The Hall–Kier alpha value is -13.8. The van der Waals surface area contributed by atoms with Gasteiger partial charge < -0.3 is 9.13 Å². The van der Waals surface area contributed by atoms with Crippen LogP contribution in [0.4, 0.5) is 5.69 Å². The molecule has 0 aliphatic carbocycles. The molecule has 0 radical (unpaired) electrons. The largest absolute Gasteiger partial charge is 0.309 e. The van der Waals surface area contributed by atoms with Crippen LogP contribution in [0.15, 0.2) is 328 Å². The fraction of sp³-hybridized carbons (Fsp3) is 0. The molecule has 14 aromatic carbocycles. The molecule has 98 heavy (non-hydrogen) atoms. The van der Waals surface area contributed by atoms with Gasteiger partial charge in [-0.1, -0.05) is 249 Å². The second-order valence-corrected chi connectivity index (χ2v) is 24.4. The molecule has 17 aromatic rings. The third-order valence-electron chi connectivity index (χ3n) is 18.7. The van der Waals surface area contributed by atoms with Gasteiger partial charge >= 0.3 is 0 Å². The van der Waals surface area contributed by atoms with Crippen LogP contribution in [-0.2, 0) is 0 Å². The van der Waals surface area contributed by atoms with Crippen LogP contribution in [0.25, 0.3) is 172 Å². The van der Waals surface area contributed by atoms with Crippen LogP contribution in [0, 0.1) is 29.2 Å². The Balaban J connectivity index is 0.916. The molecule has 3 heterocycles. The van der Waals surface area contributed by atoms with Crippen molar-refractivity contribution in [3.8, 4) is 136 Å². The molecule has 0 amide bonds. The molecule has 0 unspecified atom stereocenters.